The first-order chi connectivity index (χ1) is 14.0. The lowest BCUT2D eigenvalue weighted by atomic mass is 10.0. The molecule has 4 rings (SSSR count). The molecule has 154 valence electrons. The van der Waals surface area contributed by atoms with E-state index in [0.29, 0.717) is 24.4 Å². The summed E-state index contributed by atoms with van der Waals surface area (Å²) in [6.07, 6.45) is 1.00. The number of amides is 1. The van der Waals surface area contributed by atoms with Gasteiger partial charge in [0.2, 0.25) is 0 Å². The van der Waals surface area contributed by atoms with Crippen molar-refractivity contribution in [1.29, 1.82) is 0 Å². The molecule has 2 unspecified atom stereocenters. The third kappa shape index (κ3) is 3.92. The van der Waals surface area contributed by atoms with Gasteiger partial charge in [-0.15, -0.1) is 0 Å². The van der Waals surface area contributed by atoms with Crippen LogP contribution >= 0.6 is 0 Å². The van der Waals surface area contributed by atoms with Gasteiger partial charge in [0.05, 0.1) is 37.1 Å². The number of morpholine rings is 1. The van der Waals surface area contributed by atoms with Crippen molar-refractivity contribution in [2.75, 3.05) is 31.6 Å². The Morgan fingerprint density at radius 3 is 2.62 bits per heavy atom. The Hall–Kier alpha value is -2.67. The minimum absolute atomic E-state index is 0.0247. The molecule has 1 aromatic carbocycles. The molecule has 7 heteroatoms. The molecular weight excluding hydrogens is 368 g/mol. The maximum absolute atomic E-state index is 13.2. The second-order valence-electron chi connectivity index (χ2n) is 7.86. The quantitative estimate of drug-likeness (QED) is 0.795. The lowest BCUT2D eigenvalue weighted by Crippen LogP contribution is -2.47. The summed E-state index contributed by atoms with van der Waals surface area (Å²) >= 11 is 0. The van der Waals surface area contributed by atoms with Gasteiger partial charge < -0.3 is 19.3 Å². The number of carbonyl (C=O) groups is 1. The molecule has 7 nitrogen and oxygen atoms in total. The molecule has 0 bridgehead atoms. The van der Waals surface area contributed by atoms with Crippen LogP contribution in [0.2, 0.25) is 0 Å². The van der Waals surface area contributed by atoms with E-state index in [0.717, 1.165) is 42.4 Å². The standard InChI is InChI=1S/C22H28N4O3/c1-14-11-26(12-15(2)29-14)21-18-13-25(10-9-19(18)23-16(3)24-21)22(27)17-7-5-6-8-20(17)28-4/h5-8,14-15H,9-13H2,1-4H3. The van der Waals surface area contributed by atoms with Crippen LogP contribution < -0.4 is 9.64 Å². The third-order valence-electron chi connectivity index (χ3n) is 5.49. The maximum atomic E-state index is 13.2. The first kappa shape index (κ1) is 19.6. The largest absolute Gasteiger partial charge is 0.496 e. The molecule has 1 aromatic heterocycles. The van der Waals surface area contributed by atoms with Crippen molar-refractivity contribution in [1.82, 2.24) is 14.9 Å². The van der Waals surface area contributed by atoms with E-state index >= 15 is 0 Å². The number of carbonyl (C=O) groups excluding carboxylic acids is 1. The third-order valence-corrected chi connectivity index (χ3v) is 5.49. The highest BCUT2D eigenvalue weighted by atomic mass is 16.5. The molecule has 1 saturated heterocycles. The van der Waals surface area contributed by atoms with Gasteiger partial charge >= 0.3 is 0 Å². The Morgan fingerprint density at radius 2 is 1.90 bits per heavy atom. The van der Waals surface area contributed by atoms with Crippen molar-refractivity contribution >= 4 is 11.7 Å². The predicted octanol–water partition coefficient (Wildman–Crippen LogP) is 2.61. The molecule has 0 N–H and O–H groups in total. The van der Waals surface area contributed by atoms with E-state index in [4.69, 9.17) is 14.5 Å². The van der Waals surface area contributed by atoms with Crippen molar-refractivity contribution in [3.05, 3.63) is 46.9 Å². The van der Waals surface area contributed by atoms with Gasteiger partial charge in [-0.25, -0.2) is 9.97 Å². The van der Waals surface area contributed by atoms with Crippen LogP contribution in [-0.2, 0) is 17.7 Å². The van der Waals surface area contributed by atoms with Crippen LogP contribution in [0.25, 0.3) is 0 Å². The molecule has 2 aliphatic rings. The van der Waals surface area contributed by atoms with E-state index in [2.05, 4.69) is 23.7 Å². The Bertz CT molecular complexity index is 907. The molecule has 2 aliphatic heterocycles. The van der Waals surface area contributed by atoms with Crippen molar-refractivity contribution in [2.45, 2.75) is 45.9 Å². The van der Waals surface area contributed by atoms with Gasteiger partial charge in [0.15, 0.2) is 0 Å². The van der Waals surface area contributed by atoms with Crippen LogP contribution in [0.5, 0.6) is 5.75 Å². The first-order valence-corrected chi connectivity index (χ1v) is 10.2. The Balaban J connectivity index is 1.65. The Morgan fingerprint density at radius 1 is 1.17 bits per heavy atom. The summed E-state index contributed by atoms with van der Waals surface area (Å²) in [5.74, 6) is 2.28. The summed E-state index contributed by atoms with van der Waals surface area (Å²) in [4.78, 5) is 26.8. The molecule has 2 aromatic rings. The van der Waals surface area contributed by atoms with Gasteiger partial charge in [0.1, 0.15) is 17.4 Å². The van der Waals surface area contributed by atoms with Crippen LogP contribution in [-0.4, -0.2) is 59.7 Å². The second kappa shape index (κ2) is 7.99. The Kier molecular flexibility index (Phi) is 5.41. The molecule has 0 spiro atoms. The van der Waals surface area contributed by atoms with E-state index in [1.807, 2.05) is 36.1 Å². The summed E-state index contributed by atoms with van der Waals surface area (Å²) in [6, 6.07) is 7.37. The number of fused-ring (bicyclic) bond motifs is 1. The first-order valence-electron chi connectivity index (χ1n) is 10.2. The summed E-state index contributed by atoms with van der Waals surface area (Å²) in [6.45, 7) is 8.81. The van der Waals surface area contributed by atoms with Crippen molar-refractivity contribution in [3.63, 3.8) is 0 Å². The number of nitrogens with zero attached hydrogens (tertiary/aromatic N) is 4. The predicted molar refractivity (Wildman–Crippen MR) is 110 cm³/mol. The fraction of sp³-hybridized carbons (Fsp3) is 0.500. The SMILES string of the molecule is COc1ccccc1C(=O)N1CCc2nc(C)nc(N3CC(C)OC(C)C3)c2C1. The van der Waals surface area contributed by atoms with Crippen molar-refractivity contribution < 1.29 is 14.3 Å². The zero-order chi connectivity index (χ0) is 20.5. The number of benzene rings is 1. The van der Waals surface area contributed by atoms with Gasteiger partial charge in [0, 0.05) is 31.6 Å². The highest BCUT2D eigenvalue weighted by Crippen LogP contribution is 2.30. The number of aromatic nitrogens is 2. The summed E-state index contributed by atoms with van der Waals surface area (Å²) in [5, 5.41) is 0. The van der Waals surface area contributed by atoms with Gasteiger partial charge in [0.25, 0.3) is 5.91 Å². The van der Waals surface area contributed by atoms with Crippen LogP contribution in [0.3, 0.4) is 0 Å². The highest BCUT2D eigenvalue weighted by Gasteiger charge is 2.31. The molecule has 0 radical (unpaired) electrons. The fourth-order valence-electron chi connectivity index (χ4n) is 4.29. The van der Waals surface area contributed by atoms with E-state index in [1.165, 1.54) is 0 Å². The molecular formula is C22H28N4O3. The average Bonchev–Trinajstić information content (AvgIpc) is 2.71. The fourth-order valence-corrected chi connectivity index (χ4v) is 4.29. The van der Waals surface area contributed by atoms with E-state index < -0.39 is 0 Å². The normalized spacial score (nSPS) is 21.7. The minimum Gasteiger partial charge on any atom is -0.496 e. The van der Waals surface area contributed by atoms with Gasteiger partial charge in [-0.2, -0.15) is 0 Å². The van der Waals surface area contributed by atoms with Crippen LogP contribution in [0.4, 0.5) is 5.82 Å². The highest BCUT2D eigenvalue weighted by molar-refractivity contribution is 5.97. The van der Waals surface area contributed by atoms with Crippen LogP contribution in [0, 0.1) is 6.92 Å². The number of methoxy groups -OCH3 is 1. The van der Waals surface area contributed by atoms with E-state index in [-0.39, 0.29) is 18.1 Å². The number of ether oxygens (including phenoxy) is 2. The number of hydrogen-bond donors (Lipinski definition) is 0. The monoisotopic (exact) mass is 396 g/mol. The van der Waals surface area contributed by atoms with Crippen LogP contribution in [0.15, 0.2) is 24.3 Å². The number of para-hydroxylation sites is 1. The summed E-state index contributed by atoms with van der Waals surface area (Å²) in [5.41, 5.74) is 2.68. The number of aryl methyl sites for hydroxylation is 1. The van der Waals surface area contributed by atoms with Crippen LogP contribution in [0.1, 0.15) is 41.3 Å². The molecule has 1 fully saturated rings. The van der Waals surface area contributed by atoms with Crippen molar-refractivity contribution in [3.8, 4) is 5.75 Å². The number of anilines is 1. The topological polar surface area (TPSA) is 67.8 Å². The molecule has 0 aliphatic carbocycles. The Labute approximate surface area is 171 Å². The smallest absolute Gasteiger partial charge is 0.257 e. The summed E-state index contributed by atoms with van der Waals surface area (Å²) in [7, 11) is 1.59. The number of hydrogen-bond acceptors (Lipinski definition) is 6. The lowest BCUT2D eigenvalue weighted by Gasteiger charge is -2.38. The zero-order valence-electron chi connectivity index (χ0n) is 17.5. The lowest BCUT2D eigenvalue weighted by molar-refractivity contribution is -0.00560. The van der Waals surface area contributed by atoms with Gasteiger partial charge in [-0.1, -0.05) is 12.1 Å². The molecule has 29 heavy (non-hydrogen) atoms. The van der Waals surface area contributed by atoms with Gasteiger partial charge in [-0.3, -0.25) is 4.79 Å². The molecule has 0 saturated carbocycles. The average molecular weight is 396 g/mol. The number of rotatable bonds is 3. The van der Waals surface area contributed by atoms with E-state index in [9.17, 15) is 4.79 Å². The van der Waals surface area contributed by atoms with Gasteiger partial charge in [-0.05, 0) is 32.9 Å². The second-order valence-corrected chi connectivity index (χ2v) is 7.86. The molecule has 2 atom stereocenters. The van der Waals surface area contributed by atoms with Crippen molar-refractivity contribution in [2.24, 2.45) is 0 Å². The molecule has 1 amide bonds. The minimum atomic E-state index is -0.0247. The maximum Gasteiger partial charge on any atom is 0.257 e. The molecule has 3 heterocycles. The summed E-state index contributed by atoms with van der Waals surface area (Å²) < 4.78 is 11.3. The zero-order valence-corrected chi connectivity index (χ0v) is 17.5. The van der Waals surface area contributed by atoms with E-state index in [1.54, 1.807) is 7.11 Å².